The summed E-state index contributed by atoms with van der Waals surface area (Å²) < 4.78 is 32.1. The summed E-state index contributed by atoms with van der Waals surface area (Å²) in [6, 6.07) is 1.32. The van der Waals surface area contributed by atoms with Crippen molar-refractivity contribution < 1.29 is 17.9 Å². The number of carbonyl (C=O) groups is 1. The third kappa shape index (κ3) is 4.17. The summed E-state index contributed by atoms with van der Waals surface area (Å²) >= 11 is 1.07. The zero-order chi connectivity index (χ0) is 14.8. The minimum absolute atomic E-state index is 0. The van der Waals surface area contributed by atoms with Crippen molar-refractivity contribution in [3.63, 3.8) is 0 Å². The van der Waals surface area contributed by atoms with E-state index in [1.807, 2.05) is 6.92 Å². The molecule has 1 fully saturated rings. The van der Waals surface area contributed by atoms with Crippen LogP contribution >= 0.6 is 23.7 Å². The molecule has 0 bridgehead atoms. The second kappa shape index (κ2) is 7.55. The first-order valence-electron chi connectivity index (χ1n) is 6.34. The molecule has 1 aromatic heterocycles. The molecule has 2 rings (SSSR count). The van der Waals surface area contributed by atoms with E-state index in [-0.39, 0.29) is 34.1 Å². The Morgan fingerprint density at radius 2 is 2.24 bits per heavy atom. The Morgan fingerprint density at radius 3 is 2.86 bits per heavy atom. The van der Waals surface area contributed by atoms with Gasteiger partial charge < -0.3 is 10.1 Å². The molecule has 21 heavy (non-hydrogen) atoms. The average Bonchev–Trinajstić information content (AvgIpc) is 2.90. The topological polar surface area (TPSA) is 84.5 Å². The molecule has 0 aliphatic carbocycles. The first-order valence-corrected chi connectivity index (χ1v) is 8.71. The van der Waals surface area contributed by atoms with E-state index in [1.165, 1.54) is 13.2 Å². The Balaban J connectivity index is 0.00000220. The Bertz CT molecular complexity index is 588. The molecule has 6 nitrogen and oxygen atoms in total. The van der Waals surface area contributed by atoms with E-state index in [9.17, 15) is 13.2 Å². The van der Waals surface area contributed by atoms with Crippen molar-refractivity contribution in [2.75, 3.05) is 20.2 Å². The highest BCUT2D eigenvalue weighted by Gasteiger charge is 2.30. The molecule has 0 amide bonds. The van der Waals surface area contributed by atoms with Crippen LogP contribution in [0.25, 0.3) is 0 Å². The quantitative estimate of drug-likeness (QED) is 0.794. The van der Waals surface area contributed by atoms with E-state index < -0.39 is 16.0 Å². The average molecular weight is 355 g/mol. The first kappa shape index (κ1) is 18.4. The van der Waals surface area contributed by atoms with Gasteiger partial charge in [0.2, 0.25) is 10.0 Å². The van der Waals surface area contributed by atoms with Crippen LogP contribution in [0.5, 0.6) is 0 Å². The molecule has 1 saturated heterocycles. The minimum atomic E-state index is -3.70. The molecule has 120 valence electrons. The van der Waals surface area contributed by atoms with Gasteiger partial charge in [-0.3, -0.25) is 0 Å². The molecular formula is C12H19ClN2O4S2. The van der Waals surface area contributed by atoms with Crippen LogP contribution in [0.3, 0.4) is 0 Å². The minimum Gasteiger partial charge on any atom is -0.465 e. The van der Waals surface area contributed by atoms with Crippen molar-refractivity contribution in [2.24, 2.45) is 5.92 Å². The number of hydrogen-bond acceptors (Lipinski definition) is 6. The Morgan fingerprint density at radius 1 is 1.52 bits per heavy atom. The summed E-state index contributed by atoms with van der Waals surface area (Å²) in [6.45, 7) is 3.56. The Labute approximate surface area is 134 Å². The molecular weight excluding hydrogens is 336 g/mol. The van der Waals surface area contributed by atoms with Crippen molar-refractivity contribution >= 4 is 39.7 Å². The number of piperidine rings is 1. The molecule has 0 radical (unpaired) electrons. The summed E-state index contributed by atoms with van der Waals surface area (Å²) in [5, 5.41) is 4.79. The monoisotopic (exact) mass is 354 g/mol. The molecule has 0 aromatic carbocycles. The van der Waals surface area contributed by atoms with Crippen LogP contribution in [0.1, 0.15) is 23.0 Å². The standard InChI is InChI=1S/C12H18N2O4S2.ClH/c1-8-7-13-5-3-9(8)14-20(16,17)10-4-6-19-11(10)12(15)18-2;/h4,6,8-9,13-14H,3,5,7H2,1-2H3;1H. The van der Waals surface area contributed by atoms with Crippen LogP contribution in [0.4, 0.5) is 0 Å². The number of rotatable bonds is 4. The highest BCUT2D eigenvalue weighted by Crippen LogP contribution is 2.24. The summed E-state index contributed by atoms with van der Waals surface area (Å²) in [4.78, 5) is 11.7. The van der Waals surface area contributed by atoms with Crippen LogP contribution in [0.2, 0.25) is 0 Å². The van der Waals surface area contributed by atoms with Crippen LogP contribution in [0.15, 0.2) is 16.3 Å². The normalized spacial score (nSPS) is 22.4. The number of nitrogens with one attached hydrogen (secondary N) is 2. The molecule has 0 spiro atoms. The van der Waals surface area contributed by atoms with E-state index in [0.29, 0.717) is 0 Å². The van der Waals surface area contributed by atoms with Crippen LogP contribution in [-0.4, -0.2) is 40.6 Å². The largest absolute Gasteiger partial charge is 0.465 e. The van der Waals surface area contributed by atoms with Gasteiger partial charge in [-0.15, -0.1) is 23.7 Å². The van der Waals surface area contributed by atoms with Gasteiger partial charge in [-0.05, 0) is 36.9 Å². The highest BCUT2D eigenvalue weighted by atomic mass is 35.5. The van der Waals surface area contributed by atoms with Crippen LogP contribution in [0, 0.1) is 5.92 Å². The summed E-state index contributed by atoms with van der Waals surface area (Å²) in [6.07, 6.45) is 0.734. The number of ether oxygens (including phenoxy) is 1. The zero-order valence-electron chi connectivity index (χ0n) is 11.8. The number of thiophene rings is 1. The fourth-order valence-electron chi connectivity index (χ4n) is 2.20. The smallest absolute Gasteiger partial charge is 0.349 e. The van der Waals surface area contributed by atoms with Gasteiger partial charge in [0.25, 0.3) is 0 Å². The second-order valence-electron chi connectivity index (χ2n) is 4.80. The van der Waals surface area contributed by atoms with E-state index in [2.05, 4.69) is 14.8 Å². The van der Waals surface area contributed by atoms with Gasteiger partial charge >= 0.3 is 5.97 Å². The van der Waals surface area contributed by atoms with Gasteiger partial charge in [0, 0.05) is 6.04 Å². The maximum atomic E-state index is 12.4. The van der Waals surface area contributed by atoms with Gasteiger partial charge in [-0.1, -0.05) is 6.92 Å². The number of hydrogen-bond donors (Lipinski definition) is 2. The van der Waals surface area contributed by atoms with Crippen molar-refractivity contribution in [3.05, 3.63) is 16.3 Å². The summed E-state index contributed by atoms with van der Waals surface area (Å²) in [5.41, 5.74) is 0. The number of esters is 1. The molecule has 2 atom stereocenters. The molecule has 0 saturated carbocycles. The number of sulfonamides is 1. The Hall–Kier alpha value is -0.670. The third-order valence-electron chi connectivity index (χ3n) is 3.38. The lowest BCUT2D eigenvalue weighted by Crippen LogP contribution is -2.48. The van der Waals surface area contributed by atoms with Crippen LogP contribution < -0.4 is 10.0 Å². The maximum absolute atomic E-state index is 12.4. The number of carbonyl (C=O) groups excluding carboxylic acids is 1. The second-order valence-corrected chi connectivity index (χ2v) is 7.40. The van der Waals surface area contributed by atoms with E-state index in [1.54, 1.807) is 5.38 Å². The summed E-state index contributed by atoms with van der Waals surface area (Å²) in [5.74, 6) is -0.419. The first-order chi connectivity index (χ1) is 9.45. The van der Waals surface area contributed by atoms with E-state index in [4.69, 9.17) is 0 Å². The maximum Gasteiger partial charge on any atom is 0.349 e. The summed E-state index contributed by atoms with van der Waals surface area (Å²) in [7, 11) is -2.47. The van der Waals surface area contributed by atoms with E-state index in [0.717, 1.165) is 30.8 Å². The van der Waals surface area contributed by atoms with Crippen molar-refractivity contribution in [1.82, 2.24) is 10.0 Å². The molecule has 1 aliphatic heterocycles. The van der Waals surface area contributed by atoms with Gasteiger partial charge in [0.05, 0.1) is 7.11 Å². The van der Waals surface area contributed by atoms with Gasteiger partial charge in [0.15, 0.2) is 0 Å². The van der Waals surface area contributed by atoms with Gasteiger partial charge in [-0.25, -0.2) is 17.9 Å². The molecule has 9 heteroatoms. The van der Waals surface area contributed by atoms with Crippen molar-refractivity contribution in [2.45, 2.75) is 24.3 Å². The van der Waals surface area contributed by atoms with Crippen LogP contribution in [-0.2, 0) is 14.8 Å². The predicted molar refractivity (Wildman–Crippen MR) is 83.7 cm³/mol. The zero-order valence-corrected chi connectivity index (χ0v) is 14.2. The van der Waals surface area contributed by atoms with Gasteiger partial charge in [-0.2, -0.15) is 0 Å². The highest BCUT2D eigenvalue weighted by molar-refractivity contribution is 7.89. The molecule has 1 aliphatic rings. The lowest BCUT2D eigenvalue weighted by Gasteiger charge is -2.29. The SMILES string of the molecule is COC(=O)c1sccc1S(=O)(=O)NC1CCNCC1C.Cl. The van der Waals surface area contributed by atoms with Crippen molar-refractivity contribution in [3.8, 4) is 0 Å². The lowest BCUT2D eigenvalue weighted by atomic mass is 9.97. The molecule has 1 aromatic rings. The molecule has 2 unspecified atom stereocenters. The lowest BCUT2D eigenvalue weighted by molar-refractivity contribution is 0.0602. The van der Waals surface area contributed by atoms with Crippen molar-refractivity contribution in [1.29, 1.82) is 0 Å². The Kier molecular flexibility index (Phi) is 6.61. The van der Waals surface area contributed by atoms with E-state index >= 15 is 0 Å². The van der Waals surface area contributed by atoms with Gasteiger partial charge in [0.1, 0.15) is 9.77 Å². The third-order valence-corrected chi connectivity index (χ3v) is 5.94. The molecule has 2 heterocycles. The number of methoxy groups -OCH3 is 1. The molecule has 2 N–H and O–H groups in total. The fraction of sp³-hybridized carbons (Fsp3) is 0.583. The predicted octanol–water partition coefficient (Wildman–Crippen LogP) is 1.23. The number of halogens is 1. The fourth-order valence-corrected chi connectivity index (χ4v) is 4.92.